The number of likely N-dealkylation sites (tertiary alicyclic amines) is 1. The molecule has 3 heterocycles. The van der Waals surface area contributed by atoms with Gasteiger partial charge in [-0.05, 0) is 31.2 Å². The SMILES string of the molecule is C[C@@H](Cc1ccco1)NC(=O)N1CC[C@H](Oc2cccnc2)C1. The lowest BCUT2D eigenvalue weighted by molar-refractivity contribution is 0.184. The number of hydrogen-bond acceptors (Lipinski definition) is 4. The lowest BCUT2D eigenvalue weighted by Crippen LogP contribution is -2.44. The largest absolute Gasteiger partial charge is 0.487 e. The van der Waals surface area contributed by atoms with Gasteiger partial charge in [0.25, 0.3) is 0 Å². The number of aromatic nitrogens is 1. The van der Waals surface area contributed by atoms with Crippen molar-refractivity contribution in [2.24, 2.45) is 0 Å². The summed E-state index contributed by atoms with van der Waals surface area (Å²) in [5.41, 5.74) is 0. The molecular weight excluding hydrogens is 294 g/mol. The van der Waals surface area contributed by atoms with E-state index in [1.165, 1.54) is 0 Å². The average molecular weight is 315 g/mol. The van der Waals surface area contributed by atoms with E-state index < -0.39 is 0 Å². The maximum Gasteiger partial charge on any atom is 0.317 e. The molecule has 6 heteroatoms. The van der Waals surface area contributed by atoms with Gasteiger partial charge in [-0.2, -0.15) is 0 Å². The molecule has 3 rings (SSSR count). The van der Waals surface area contributed by atoms with Crippen molar-refractivity contribution in [1.29, 1.82) is 0 Å². The average Bonchev–Trinajstić information content (AvgIpc) is 3.20. The Balaban J connectivity index is 1.45. The molecule has 1 N–H and O–H groups in total. The Hall–Kier alpha value is -2.50. The molecular formula is C17H21N3O3. The first-order valence-electron chi connectivity index (χ1n) is 7.85. The molecule has 2 aromatic heterocycles. The molecule has 1 saturated heterocycles. The number of hydrogen-bond donors (Lipinski definition) is 1. The summed E-state index contributed by atoms with van der Waals surface area (Å²) in [5.74, 6) is 1.61. The van der Waals surface area contributed by atoms with E-state index in [1.807, 2.05) is 31.2 Å². The van der Waals surface area contributed by atoms with Crippen molar-refractivity contribution < 1.29 is 13.9 Å². The topological polar surface area (TPSA) is 67.6 Å². The zero-order chi connectivity index (χ0) is 16.1. The van der Waals surface area contributed by atoms with Gasteiger partial charge in [-0.1, -0.05) is 0 Å². The Kier molecular flexibility index (Phi) is 4.80. The van der Waals surface area contributed by atoms with E-state index in [4.69, 9.17) is 9.15 Å². The van der Waals surface area contributed by atoms with Crippen LogP contribution in [0.15, 0.2) is 47.3 Å². The van der Waals surface area contributed by atoms with Crippen molar-refractivity contribution in [2.75, 3.05) is 13.1 Å². The zero-order valence-electron chi connectivity index (χ0n) is 13.1. The number of furan rings is 1. The molecule has 2 aromatic rings. The fraction of sp³-hybridized carbons (Fsp3) is 0.412. The van der Waals surface area contributed by atoms with Crippen molar-refractivity contribution in [3.05, 3.63) is 48.7 Å². The molecule has 0 saturated carbocycles. The monoisotopic (exact) mass is 315 g/mol. The van der Waals surface area contributed by atoms with Crippen LogP contribution >= 0.6 is 0 Å². The number of ether oxygens (including phenoxy) is 1. The number of nitrogens with zero attached hydrogens (tertiary/aromatic N) is 2. The molecule has 0 spiro atoms. The Morgan fingerprint density at radius 1 is 1.52 bits per heavy atom. The van der Waals surface area contributed by atoms with E-state index >= 15 is 0 Å². The van der Waals surface area contributed by atoms with Crippen LogP contribution in [0.3, 0.4) is 0 Å². The van der Waals surface area contributed by atoms with Crippen LogP contribution in [0.25, 0.3) is 0 Å². The maximum absolute atomic E-state index is 12.3. The first-order chi connectivity index (χ1) is 11.2. The van der Waals surface area contributed by atoms with Gasteiger partial charge < -0.3 is 19.4 Å². The molecule has 23 heavy (non-hydrogen) atoms. The van der Waals surface area contributed by atoms with Crippen LogP contribution in [-0.2, 0) is 6.42 Å². The second-order valence-corrected chi connectivity index (χ2v) is 5.80. The first-order valence-corrected chi connectivity index (χ1v) is 7.85. The summed E-state index contributed by atoms with van der Waals surface area (Å²) >= 11 is 0. The summed E-state index contributed by atoms with van der Waals surface area (Å²) in [6.45, 7) is 3.26. The minimum Gasteiger partial charge on any atom is -0.487 e. The minimum absolute atomic E-state index is 0.0188. The fourth-order valence-corrected chi connectivity index (χ4v) is 2.70. The van der Waals surface area contributed by atoms with Crippen LogP contribution in [-0.4, -0.2) is 41.2 Å². The molecule has 2 amide bonds. The molecule has 1 aliphatic rings. The number of carbonyl (C=O) groups excluding carboxylic acids is 1. The second-order valence-electron chi connectivity index (χ2n) is 5.80. The molecule has 6 nitrogen and oxygen atoms in total. The quantitative estimate of drug-likeness (QED) is 0.920. The summed E-state index contributed by atoms with van der Waals surface area (Å²) in [5, 5.41) is 3.00. The normalized spacial score (nSPS) is 18.7. The Bertz CT molecular complexity index is 615. The summed E-state index contributed by atoms with van der Waals surface area (Å²) in [6, 6.07) is 7.45. The number of amides is 2. The predicted molar refractivity (Wildman–Crippen MR) is 85.2 cm³/mol. The number of rotatable bonds is 5. The highest BCUT2D eigenvalue weighted by molar-refractivity contribution is 5.74. The van der Waals surface area contributed by atoms with E-state index in [0.717, 1.165) is 17.9 Å². The van der Waals surface area contributed by atoms with Crippen molar-refractivity contribution in [3.8, 4) is 5.75 Å². The third kappa shape index (κ3) is 4.25. The highest BCUT2D eigenvalue weighted by Gasteiger charge is 2.28. The van der Waals surface area contributed by atoms with Crippen LogP contribution in [0.4, 0.5) is 4.79 Å². The smallest absolute Gasteiger partial charge is 0.317 e. The van der Waals surface area contributed by atoms with E-state index in [-0.39, 0.29) is 18.2 Å². The number of carbonyl (C=O) groups is 1. The lowest BCUT2D eigenvalue weighted by Gasteiger charge is -2.20. The predicted octanol–water partition coefficient (Wildman–Crippen LogP) is 2.47. The third-order valence-electron chi connectivity index (χ3n) is 3.83. The van der Waals surface area contributed by atoms with Gasteiger partial charge in [-0.3, -0.25) is 4.98 Å². The molecule has 1 fully saturated rings. The van der Waals surface area contributed by atoms with Gasteiger partial charge in [-0.15, -0.1) is 0 Å². The molecule has 0 unspecified atom stereocenters. The minimum atomic E-state index is -0.0543. The van der Waals surface area contributed by atoms with Crippen molar-refractivity contribution in [1.82, 2.24) is 15.2 Å². The second kappa shape index (κ2) is 7.17. The molecule has 0 aliphatic carbocycles. The van der Waals surface area contributed by atoms with Gasteiger partial charge in [0.1, 0.15) is 17.6 Å². The number of nitrogens with one attached hydrogen (secondary N) is 1. The lowest BCUT2D eigenvalue weighted by atomic mass is 10.2. The maximum atomic E-state index is 12.3. The molecule has 0 radical (unpaired) electrons. The standard InChI is InChI=1S/C17H21N3O3/c1-13(10-14-5-3-9-22-14)19-17(21)20-8-6-16(12-20)23-15-4-2-7-18-11-15/h2-5,7,9,11,13,16H,6,8,10,12H2,1H3,(H,19,21)/t13-,16-/m0/s1. The van der Waals surface area contributed by atoms with Crippen molar-refractivity contribution in [2.45, 2.75) is 31.9 Å². The van der Waals surface area contributed by atoms with E-state index in [2.05, 4.69) is 10.3 Å². The number of pyridine rings is 1. The molecule has 1 aliphatic heterocycles. The zero-order valence-corrected chi connectivity index (χ0v) is 13.1. The van der Waals surface area contributed by atoms with Gasteiger partial charge in [0, 0.05) is 31.6 Å². The van der Waals surface area contributed by atoms with Crippen LogP contribution in [0.5, 0.6) is 5.75 Å². The van der Waals surface area contributed by atoms with Gasteiger partial charge in [-0.25, -0.2) is 4.79 Å². The van der Waals surface area contributed by atoms with Gasteiger partial charge in [0.2, 0.25) is 0 Å². The van der Waals surface area contributed by atoms with Gasteiger partial charge >= 0.3 is 6.03 Å². The molecule has 2 atom stereocenters. The summed E-state index contributed by atoms with van der Waals surface area (Å²) < 4.78 is 11.2. The summed E-state index contributed by atoms with van der Waals surface area (Å²) in [4.78, 5) is 18.1. The Morgan fingerprint density at radius 3 is 3.17 bits per heavy atom. The molecule has 0 aromatic carbocycles. The van der Waals surface area contributed by atoms with Crippen LogP contribution in [0, 0.1) is 0 Å². The van der Waals surface area contributed by atoms with E-state index in [1.54, 1.807) is 23.6 Å². The summed E-state index contributed by atoms with van der Waals surface area (Å²) in [7, 11) is 0. The van der Waals surface area contributed by atoms with Crippen molar-refractivity contribution in [3.63, 3.8) is 0 Å². The van der Waals surface area contributed by atoms with E-state index in [9.17, 15) is 4.79 Å². The number of urea groups is 1. The fourth-order valence-electron chi connectivity index (χ4n) is 2.70. The molecule has 122 valence electrons. The summed E-state index contributed by atoms with van der Waals surface area (Å²) in [6.07, 6.45) is 6.57. The van der Waals surface area contributed by atoms with Crippen LogP contribution < -0.4 is 10.1 Å². The third-order valence-corrected chi connectivity index (χ3v) is 3.83. The van der Waals surface area contributed by atoms with E-state index in [0.29, 0.717) is 19.5 Å². The molecule has 0 bridgehead atoms. The highest BCUT2D eigenvalue weighted by atomic mass is 16.5. The van der Waals surface area contributed by atoms with Crippen LogP contribution in [0.1, 0.15) is 19.1 Å². The van der Waals surface area contributed by atoms with Gasteiger partial charge in [0.15, 0.2) is 0 Å². The van der Waals surface area contributed by atoms with Crippen molar-refractivity contribution >= 4 is 6.03 Å². The Morgan fingerprint density at radius 2 is 2.43 bits per heavy atom. The Labute approximate surface area is 135 Å². The van der Waals surface area contributed by atoms with Crippen LogP contribution in [0.2, 0.25) is 0 Å². The first kappa shape index (κ1) is 15.4. The highest BCUT2D eigenvalue weighted by Crippen LogP contribution is 2.17. The van der Waals surface area contributed by atoms with Gasteiger partial charge in [0.05, 0.1) is 19.0 Å².